The summed E-state index contributed by atoms with van der Waals surface area (Å²) in [4.78, 5) is 7.03. The largest absolute Gasteiger partial charge is 0.298 e. The van der Waals surface area contributed by atoms with Crippen molar-refractivity contribution in [3.8, 4) is 0 Å². The van der Waals surface area contributed by atoms with Crippen molar-refractivity contribution in [3.05, 3.63) is 29.6 Å². The fraction of sp³-hybridized carbons (Fsp3) is 0.583. The quantitative estimate of drug-likeness (QED) is 0.812. The van der Waals surface area contributed by atoms with E-state index in [0.717, 1.165) is 12.2 Å². The molecule has 1 fully saturated rings. The number of hydrogen-bond acceptors (Lipinski definition) is 3. The van der Waals surface area contributed by atoms with Crippen LogP contribution in [0.5, 0.6) is 0 Å². The van der Waals surface area contributed by atoms with Gasteiger partial charge in [0.2, 0.25) is 0 Å². The number of rotatable bonds is 3. The van der Waals surface area contributed by atoms with Crippen molar-refractivity contribution < 1.29 is 0 Å². The molecule has 1 aromatic heterocycles. The number of aromatic nitrogens is 1. The molecule has 2 rings (SSSR count). The Morgan fingerprint density at radius 1 is 1.44 bits per heavy atom. The van der Waals surface area contributed by atoms with Gasteiger partial charge in [-0.25, -0.2) is 0 Å². The van der Waals surface area contributed by atoms with Gasteiger partial charge >= 0.3 is 0 Å². The standard InChI is InChI=1S/C12H20N3P/c1-10-3-2-4-12(13-10)9-15-7-5-11(14-16)6-8-15/h2-4,11,14H,5-9,16H2,1H3. The molecule has 1 atom stereocenters. The maximum Gasteiger partial charge on any atom is 0.0547 e. The highest BCUT2D eigenvalue weighted by Crippen LogP contribution is 2.13. The zero-order chi connectivity index (χ0) is 11.4. The van der Waals surface area contributed by atoms with Gasteiger partial charge in [0.1, 0.15) is 0 Å². The third kappa shape index (κ3) is 3.24. The van der Waals surface area contributed by atoms with Crippen molar-refractivity contribution in [1.29, 1.82) is 0 Å². The molecule has 3 nitrogen and oxygen atoms in total. The van der Waals surface area contributed by atoms with Crippen LogP contribution in [-0.2, 0) is 6.54 Å². The summed E-state index contributed by atoms with van der Waals surface area (Å²) in [6.45, 7) is 5.38. The molecule has 0 aliphatic carbocycles. The lowest BCUT2D eigenvalue weighted by Gasteiger charge is -2.31. The van der Waals surface area contributed by atoms with Crippen molar-refractivity contribution in [3.63, 3.8) is 0 Å². The summed E-state index contributed by atoms with van der Waals surface area (Å²) >= 11 is 0. The third-order valence-electron chi connectivity index (χ3n) is 3.15. The van der Waals surface area contributed by atoms with Gasteiger partial charge in [0.25, 0.3) is 0 Å². The van der Waals surface area contributed by atoms with E-state index in [1.165, 1.54) is 31.6 Å². The molecule has 1 aliphatic heterocycles. The van der Waals surface area contributed by atoms with Gasteiger partial charge in [-0.2, -0.15) is 0 Å². The summed E-state index contributed by atoms with van der Waals surface area (Å²) in [5.74, 6) is 0. The van der Waals surface area contributed by atoms with Crippen molar-refractivity contribution in [2.45, 2.75) is 32.4 Å². The Labute approximate surface area is 99.9 Å². The van der Waals surface area contributed by atoms with E-state index in [2.05, 4.69) is 36.5 Å². The Kier molecular flexibility index (Phi) is 4.28. The first-order chi connectivity index (χ1) is 7.78. The van der Waals surface area contributed by atoms with E-state index in [1.54, 1.807) is 0 Å². The predicted octanol–water partition coefficient (Wildman–Crippen LogP) is 1.73. The number of pyridine rings is 1. The lowest BCUT2D eigenvalue weighted by Crippen LogP contribution is -2.39. The summed E-state index contributed by atoms with van der Waals surface area (Å²) in [6, 6.07) is 6.93. The Morgan fingerprint density at radius 3 is 2.81 bits per heavy atom. The number of aryl methyl sites for hydroxylation is 1. The van der Waals surface area contributed by atoms with E-state index in [1.807, 2.05) is 13.0 Å². The molecule has 0 radical (unpaired) electrons. The molecular formula is C12H20N3P. The monoisotopic (exact) mass is 237 g/mol. The molecule has 0 bridgehead atoms. The fourth-order valence-corrected chi connectivity index (χ4v) is 2.51. The topological polar surface area (TPSA) is 28.2 Å². The van der Waals surface area contributed by atoms with Crippen LogP contribution >= 0.6 is 9.39 Å². The van der Waals surface area contributed by atoms with Crippen molar-refractivity contribution in [1.82, 2.24) is 15.0 Å². The molecule has 0 saturated carbocycles. The SMILES string of the molecule is Cc1cccc(CN2CCC(NP)CC2)n1. The highest BCUT2D eigenvalue weighted by Gasteiger charge is 2.17. The molecule has 1 N–H and O–H groups in total. The number of hydrogen-bond donors (Lipinski definition) is 1. The molecule has 0 aromatic carbocycles. The van der Waals surface area contributed by atoms with E-state index in [-0.39, 0.29) is 0 Å². The van der Waals surface area contributed by atoms with Crippen LogP contribution in [0.1, 0.15) is 24.2 Å². The van der Waals surface area contributed by atoms with Gasteiger partial charge < -0.3 is 0 Å². The average molecular weight is 237 g/mol. The zero-order valence-corrected chi connectivity index (χ0v) is 11.0. The minimum absolute atomic E-state index is 0.673. The normalized spacial score (nSPS) is 18.9. The predicted molar refractivity (Wildman–Crippen MR) is 70.1 cm³/mol. The molecule has 0 amide bonds. The first-order valence-electron chi connectivity index (χ1n) is 5.89. The lowest BCUT2D eigenvalue weighted by atomic mass is 10.1. The zero-order valence-electron chi connectivity index (χ0n) is 9.82. The average Bonchev–Trinajstić information content (AvgIpc) is 2.30. The number of nitrogens with one attached hydrogen (secondary N) is 1. The summed E-state index contributed by atoms with van der Waals surface area (Å²) in [7, 11) is 2.62. The fourth-order valence-electron chi connectivity index (χ4n) is 2.17. The minimum atomic E-state index is 0.673. The van der Waals surface area contributed by atoms with Crippen LogP contribution in [0.25, 0.3) is 0 Å². The second-order valence-corrected chi connectivity index (χ2v) is 4.82. The van der Waals surface area contributed by atoms with Crippen molar-refractivity contribution >= 4 is 9.39 Å². The van der Waals surface area contributed by atoms with E-state index in [4.69, 9.17) is 0 Å². The van der Waals surface area contributed by atoms with E-state index >= 15 is 0 Å². The summed E-state index contributed by atoms with van der Waals surface area (Å²) in [5, 5.41) is 3.27. The lowest BCUT2D eigenvalue weighted by molar-refractivity contribution is 0.199. The Morgan fingerprint density at radius 2 is 2.19 bits per heavy atom. The molecule has 0 spiro atoms. The maximum atomic E-state index is 4.55. The highest BCUT2D eigenvalue weighted by molar-refractivity contribution is 7.13. The van der Waals surface area contributed by atoms with Crippen LogP contribution in [0.4, 0.5) is 0 Å². The molecule has 1 unspecified atom stereocenters. The summed E-state index contributed by atoms with van der Waals surface area (Å²) < 4.78 is 0. The van der Waals surface area contributed by atoms with E-state index < -0.39 is 0 Å². The van der Waals surface area contributed by atoms with Crippen LogP contribution < -0.4 is 5.09 Å². The molecule has 1 aromatic rings. The third-order valence-corrected chi connectivity index (χ3v) is 3.63. The van der Waals surface area contributed by atoms with Crippen LogP contribution in [0.2, 0.25) is 0 Å². The van der Waals surface area contributed by atoms with Crippen LogP contribution in [0, 0.1) is 6.92 Å². The van der Waals surface area contributed by atoms with Gasteiger partial charge in [-0.3, -0.25) is 15.0 Å². The second kappa shape index (κ2) is 5.72. The smallest absolute Gasteiger partial charge is 0.0547 e. The highest BCUT2D eigenvalue weighted by atomic mass is 31.0. The number of nitrogens with zero attached hydrogens (tertiary/aromatic N) is 2. The summed E-state index contributed by atoms with van der Waals surface area (Å²) in [5.41, 5.74) is 2.30. The molecule has 4 heteroatoms. The first kappa shape index (κ1) is 12.0. The van der Waals surface area contributed by atoms with Gasteiger partial charge in [0.15, 0.2) is 0 Å². The van der Waals surface area contributed by atoms with Gasteiger partial charge in [-0.1, -0.05) is 15.5 Å². The minimum Gasteiger partial charge on any atom is -0.298 e. The Bertz CT molecular complexity index is 335. The van der Waals surface area contributed by atoms with Gasteiger partial charge in [0.05, 0.1) is 5.69 Å². The van der Waals surface area contributed by atoms with Crippen LogP contribution in [0.3, 0.4) is 0 Å². The van der Waals surface area contributed by atoms with Crippen molar-refractivity contribution in [2.75, 3.05) is 13.1 Å². The van der Waals surface area contributed by atoms with Crippen molar-refractivity contribution in [2.24, 2.45) is 0 Å². The van der Waals surface area contributed by atoms with E-state index in [0.29, 0.717) is 6.04 Å². The molecule has 1 saturated heterocycles. The Balaban J connectivity index is 1.87. The van der Waals surface area contributed by atoms with E-state index in [9.17, 15) is 0 Å². The number of likely N-dealkylation sites (tertiary alicyclic amines) is 1. The number of piperidine rings is 1. The molecule has 2 heterocycles. The first-order valence-corrected chi connectivity index (χ1v) is 6.46. The Hall–Kier alpha value is -0.500. The summed E-state index contributed by atoms with van der Waals surface area (Å²) in [6.07, 6.45) is 2.46. The van der Waals surface area contributed by atoms with Gasteiger partial charge in [0, 0.05) is 31.4 Å². The van der Waals surface area contributed by atoms with Crippen LogP contribution in [0.15, 0.2) is 18.2 Å². The molecule has 16 heavy (non-hydrogen) atoms. The second-order valence-electron chi connectivity index (χ2n) is 4.49. The molecule has 1 aliphatic rings. The molecular weight excluding hydrogens is 217 g/mol. The molecule has 88 valence electrons. The van der Waals surface area contributed by atoms with Gasteiger partial charge in [-0.15, -0.1) is 0 Å². The maximum absolute atomic E-state index is 4.55. The van der Waals surface area contributed by atoms with Crippen LogP contribution in [-0.4, -0.2) is 29.0 Å². The van der Waals surface area contributed by atoms with Gasteiger partial charge in [-0.05, 0) is 31.9 Å².